The molecule has 8 nitrogen and oxygen atoms in total. The first-order valence-electron chi connectivity index (χ1n) is 9.65. The van der Waals surface area contributed by atoms with E-state index in [0.717, 1.165) is 34.9 Å². The lowest BCUT2D eigenvalue weighted by Crippen LogP contribution is -2.38. The molecule has 2 aromatic heterocycles. The maximum absolute atomic E-state index is 5.85. The van der Waals surface area contributed by atoms with Gasteiger partial charge in [-0.25, -0.2) is 9.98 Å². The lowest BCUT2D eigenvalue weighted by molar-refractivity contribution is 0.414. The Balaban J connectivity index is 0.00000341. The monoisotopic (exact) mass is 555 g/mol. The molecule has 2 N–H and O–H groups in total. The number of nitrogens with one attached hydrogen (secondary N) is 2. The fraction of sp³-hybridized carbons (Fsp3) is 0.333. The molecule has 31 heavy (non-hydrogen) atoms. The Bertz CT molecular complexity index is 974. The molecule has 2 heterocycles. The zero-order valence-electron chi connectivity index (χ0n) is 17.8. The number of guanidine groups is 1. The van der Waals surface area contributed by atoms with Crippen LogP contribution in [-0.4, -0.2) is 39.4 Å². The van der Waals surface area contributed by atoms with Crippen molar-refractivity contribution in [3.8, 4) is 5.75 Å². The summed E-state index contributed by atoms with van der Waals surface area (Å²) >= 11 is 5.85. The molecule has 0 fully saturated rings. The maximum Gasteiger partial charge on any atom is 0.191 e. The van der Waals surface area contributed by atoms with Gasteiger partial charge >= 0.3 is 0 Å². The third kappa shape index (κ3) is 7.66. The first-order chi connectivity index (χ1) is 14.5. The maximum atomic E-state index is 5.85. The highest BCUT2D eigenvalue weighted by atomic mass is 127. The number of aryl methyl sites for hydroxylation is 1. The highest BCUT2D eigenvalue weighted by molar-refractivity contribution is 14.0. The molecule has 0 spiro atoms. The van der Waals surface area contributed by atoms with Gasteiger partial charge in [-0.3, -0.25) is 0 Å². The van der Waals surface area contributed by atoms with Gasteiger partial charge in [0.05, 0.1) is 20.2 Å². The molecule has 0 saturated carbocycles. The molecule has 0 radical (unpaired) electrons. The second-order valence-electron chi connectivity index (χ2n) is 6.75. The molecule has 0 saturated heterocycles. The van der Waals surface area contributed by atoms with Crippen molar-refractivity contribution in [1.29, 1.82) is 0 Å². The third-order valence-corrected chi connectivity index (χ3v) is 4.89. The molecule has 0 aliphatic heterocycles. The lowest BCUT2D eigenvalue weighted by atomic mass is 10.2. The predicted molar refractivity (Wildman–Crippen MR) is 133 cm³/mol. The van der Waals surface area contributed by atoms with Gasteiger partial charge < -0.3 is 19.9 Å². The Morgan fingerprint density at radius 1 is 1.10 bits per heavy atom. The van der Waals surface area contributed by atoms with E-state index in [2.05, 4.69) is 25.8 Å². The van der Waals surface area contributed by atoms with Crippen LogP contribution < -0.4 is 15.4 Å². The molecule has 3 rings (SSSR count). The number of hydrogen-bond donors (Lipinski definition) is 2. The van der Waals surface area contributed by atoms with E-state index >= 15 is 0 Å². The Hall–Kier alpha value is -2.40. The van der Waals surface area contributed by atoms with E-state index < -0.39 is 0 Å². The summed E-state index contributed by atoms with van der Waals surface area (Å²) < 4.78 is 7.16. The van der Waals surface area contributed by atoms with Crippen molar-refractivity contribution < 1.29 is 4.74 Å². The number of aromatic nitrogens is 4. The van der Waals surface area contributed by atoms with Crippen LogP contribution in [0.25, 0.3) is 0 Å². The van der Waals surface area contributed by atoms with Crippen molar-refractivity contribution in [2.45, 2.75) is 26.4 Å². The minimum absolute atomic E-state index is 0. The van der Waals surface area contributed by atoms with Crippen LogP contribution in [0.1, 0.15) is 22.8 Å². The van der Waals surface area contributed by atoms with Crippen molar-refractivity contribution in [2.24, 2.45) is 12.0 Å². The first-order valence-corrected chi connectivity index (χ1v) is 10.0. The predicted octanol–water partition coefficient (Wildman–Crippen LogP) is 3.28. The third-order valence-electron chi connectivity index (χ3n) is 4.67. The van der Waals surface area contributed by atoms with Gasteiger partial charge in [-0.15, -0.1) is 34.2 Å². The van der Waals surface area contributed by atoms with Gasteiger partial charge in [0.15, 0.2) is 11.8 Å². The van der Waals surface area contributed by atoms with Crippen LogP contribution >= 0.6 is 35.6 Å². The fourth-order valence-electron chi connectivity index (χ4n) is 2.72. The molecule has 0 amide bonds. The van der Waals surface area contributed by atoms with Crippen LogP contribution in [-0.2, 0) is 26.6 Å². The van der Waals surface area contributed by atoms with Gasteiger partial charge in [0.25, 0.3) is 0 Å². The first kappa shape index (κ1) is 24.9. The van der Waals surface area contributed by atoms with Crippen LogP contribution in [0.15, 0.2) is 47.6 Å². The number of aliphatic imine (C=N–C) groups is 1. The molecular weight excluding hydrogens is 529 g/mol. The van der Waals surface area contributed by atoms with Crippen LogP contribution in [0.4, 0.5) is 0 Å². The van der Waals surface area contributed by atoms with Crippen LogP contribution in [0, 0.1) is 6.92 Å². The summed E-state index contributed by atoms with van der Waals surface area (Å²) in [6, 6.07) is 11.6. The molecule has 0 atom stereocenters. The Labute approximate surface area is 204 Å². The van der Waals surface area contributed by atoms with Crippen LogP contribution in [0.5, 0.6) is 5.75 Å². The van der Waals surface area contributed by atoms with Gasteiger partial charge in [-0.2, -0.15) is 0 Å². The summed E-state index contributed by atoms with van der Waals surface area (Å²) in [7, 11) is 3.60. The number of rotatable bonds is 8. The standard InChI is InChI=1S/C21H26ClN7O.HI/c1-15-27-28-20(29(15)2)14-26-21(23-11-10-17-6-9-19(22)24-12-17)25-13-16-4-7-18(30-3)8-5-16;/h4-9,12H,10-11,13-14H2,1-3H3,(H2,23,25,26);1H. The number of halogens is 2. The molecule has 10 heteroatoms. The zero-order chi connectivity index (χ0) is 21.3. The summed E-state index contributed by atoms with van der Waals surface area (Å²) in [5.74, 6) is 3.24. The van der Waals surface area contributed by atoms with E-state index in [4.69, 9.17) is 21.3 Å². The van der Waals surface area contributed by atoms with Crippen molar-refractivity contribution in [2.75, 3.05) is 13.7 Å². The zero-order valence-corrected chi connectivity index (χ0v) is 20.9. The number of nitrogens with zero attached hydrogens (tertiary/aromatic N) is 5. The van der Waals surface area contributed by atoms with Crippen molar-refractivity contribution in [3.05, 3.63) is 70.5 Å². The van der Waals surface area contributed by atoms with E-state index in [0.29, 0.717) is 30.7 Å². The van der Waals surface area contributed by atoms with Gasteiger partial charge in [-0.05, 0) is 42.7 Å². The lowest BCUT2D eigenvalue weighted by Gasteiger charge is -2.13. The number of benzene rings is 1. The van der Waals surface area contributed by atoms with Gasteiger partial charge in [0.1, 0.15) is 16.7 Å². The van der Waals surface area contributed by atoms with Crippen LogP contribution in [0.2, 0.25) is 5.15 Å². The second kappa shape index (κ2) is 12.5. The average molecular weight is 556 g/mol. The molecule has 0 aliphatic rings. The van der Waals surface area contributed by atoms with Gasteiger partial charge in [-0.1, -0.05) is 29.8 Å². The second-order valence-corrected chi connectivity index (χ2v) is 7.14. The SMILES string of the molecule is COc1ccc(CN=C(NCCc2ccc(Cl)nc2)NCc2nnc(C)n2C)cc1.I. The molecule has 3 aromatic rings. The fourth-order valence-corrected chi connectivity index (χ4v) is 2.83. The van der Waals surface area contributed by atoms with E-state index in [1.54, 1.807) is 19.4 Å². The van der Waals surface area contributed by atoms with Crippen LogP contribution in [0.3, 0.4) is 0 Å². The quantitative estimate of drug-likeness (QED) is 0.192. The minimum atomic E-state index is 0. The van der Waals surface area contributed by atoms with Crippen molar-refractivity contribution >= 4 is 41.5 Å². The minimum Gasteiger partial charge on any atom is -0.497 e. The summed E-state index contributed by atoms with van der Waals surface area (Å²) in [5, 5.41) is 15.5. The topological polar surface area (TPSA) is 89.2 Å². The number of pyridine rings is 1. The van der Waals surface area contributed by atoms with Gasteiger partial charge in [0, 0.05) is 19.8 Å². The van der Waals surface area contributed by atoms with E-state index in [1.165, 1.54) is 0 Å². The van der Waals surface area contributed by atoms with Crippen molar-refractivity contribution in [1.82, 2.24) is 30.4 Å². The summed E-state index contributed by atoms with van der Waals surface area (Å²) in [6.07, 6.45) is 2.59. The van der Waals surface area contributed by atoms with E-state index in [-0.39, 0.29) is 24.0 Å². The highest BCUT2D eigenvalue weighted by Gasteiger charge is 2.06. The summed E-state index contributed by atoms with van der Waals surface area (Å²) in [5.41, 5.74) is 2.19. The molecule has 0 bridgehead atoms. The normalized spacial score (nSPS) is 11.0. The van der Waals surface area contributed by atoms with E-state index in [1.807, 2.05) is 48.9 Å². The highest BCUT2D eigenvalue weighted by Crippen LogP contribution is 2.12. The summed E-state index contributed by atoms with van der Waals surface area (Å²) in [6.45, 7) is 3.69. The molecule has 166 valence electrons. The largest absolute Gasteiger partial charge is 0.497 e. The Morgan fingerprint density at radius 3 is 2.45 bits per heavy atom. The number of hydrogen-bond acceptors (Lipinski definition) is 5. The smallest absolute Gasteiger partial charge is 0.191 e. The van der Waals surface area contributed by atoms with Gasteiger partial charge in [0.2, 0.25) is 0 Å². The molecule has 0 unspecified atom stereocenters. The molecule has 0 aliphatic carbocycles. The van der Waals surface area contributed by atoms with E-state index in [9.17, 15) is 0 Å². The Kier molecular flexibility index (Phi) is 9.99. The van der Waals surface area contributed by atoms with Crippen molar-refractivity contribution in [3.63, 3.8) is 0 Å². The average Bonchev–Trinajstić information content (AvgIpc) is 3.09. The number of ether oxygens (including phenoxy) is 1. The molecular formula is C21H27ClIN7O. The number of methoxy groups -OCH3 is 1. The summed E-state index contributed by atoms with van der Waals surface area (Å²) in [4.78, 5) is 8.82. The Morgan fingerprint density at radius 2 is 1.84 bits per heavy atom. The molecule has 1 aromatic carbocycles.